The predicted octanol–water partition coefficient (Wildman–Crippen LogP) is 3.22. The standard InChI is InChI=1S/C12H18FNO/c1-2-3-4-5-8-11(15)12-10(13)7-6-9-14-12/h6-7,9,11,15H,2-5,8H2,1H3. The Morgan fingerprint density at radius 2 is 2.20 bits per heavy atom. The van der Waals surface area contributed by atoms with Crippen molar-refractivity contribution in [3.63, 3.8) is 0 Å². The molecule has 0 saturated heterocycles. The van der Waals surface area contributed by atoms with Crippen LogP contribution in [-0.2, 0) is 0 Å². The Morgan fingerprint density at radius 1 is 1.40 bits per heavy atom. The SMILES string of the molecule is CCCCCCC(O)c1ncccc1F. The van der Waals surface area contributed by atoms with Crippen molar-refractivity contribution in [2.45, 2.75) is 45.1 Å². The average Bonchev–Trinajstić information content (AvgIpc) is 2.25. The van der Waals surface area contributed by atoms with E-state index in [1.165, 1.54) is 18.3 Å². The second-order valence-electron chi connectivity index (χ2n) is 3.74. The number of aliphatic hydroxyl groups is 1. The number of unbranched alkanes of at least 4 members (excludes halogenated alkanes) is 3. The molecule has 1 aromatic heterocycles. The summed E-state index contributed by atoms with van der Waals surface area (Å²) in [6.45, 7) is 2.13. The highest BCUT2D eigenvalue weighted by atomic mass is 19.1. The Bertz CT molecular complexity index is 291. The van der Waals surface area contributed by atoms with Crippen molar-refractivity contribution in [1.29, 1.82) is 0 Å². The lowest BCUT2D eigenvalue weighted by molar-refractivity contribution is 0.154. The number of halogens is 1. The molecule has 1 unspecified atom stereocenters. The van der Waals surface area contributed by atoms with Gasteiger partial charge in [0.2, 0.25) is 0 Å². The van der Waals surface area contributed by atoms with Crippen molar-refractivity contribution < 1.29 is 9.50 Å². The molecule has 0 aliphatic rings. The smallest absolute Gasteiger partial charge is 0.147 e. The molecule has 0 aromatic carbocycles. The number of hydrogen-bond donors (Lipinski definition) is 1. The van der Waals surface area contributed by atoms with E-state index < -0.39 is 11.9 Å². The van der Waals surface area contributed by atoms with Crippen LogP contribution in [0.1, 0.15) is 50.8 Å². The molecule has 0 spiro atoms. The van der Waals surface area contributed by atoms with Crippen molar-refractivity contribution in [3.8, 4) is 0 Å². The Hall–Kier alpha value is -0.960. The summed E-state index contributed by atoms with van der Waals surface area (Å²) in [4.78, 5) is 3.85. The van der Waals surface area contributed by atoms with Crippen molar-refractivity contribution in [2.75, 3.05) is 0 Å². The van der Waals surface area contributed by atoms with Crippen molar-refractivity contribution in [3.05, 3.63) is 29.8 Å². The highest BCUT2D eigenvalue weighted by molar-refractivity contribution is 5.09. The van der Waals surface area contributed by atoms with Crippen LogP contribution in [0.25, 0.3) is 0 Å². The van der Waals surface area contributed by atoms with Gasteiger partial charge in [-0.1, -0.05) is 32.6 Å². The molecule has 1 heterocycles. The lowest BCUT2D eigenvalue weighted by atomic mass is 10.1. The van der Waals surface area contributed by atoms with Gasteiger partial charge in [-0.3, -0.25) is 4.98 Å². The van der Waals surface area contributed by atoms with Crippen LogP contribution in [-0.4, -0.2) is 10.1 Å². The highest BCUT2D eigenvalue weighted by Crippen LogP contribution is 2.20. The van der Waals surface area contributed by atoms with Gasteiger partial charge in [0.05, 0.1) is 6.10 Å². The van der Waals surface area contributed by atoms with Crippen molar-refractivity contribution >= 4 is 0 Å². The minimum atomic E-state index is -0.761. The maximum absolute atomic E-state index is 13.2. The zero-order chi connectivity index (χ0) is 11.1. The summed E-state index contributed by atoms with van der Waals surface area (Å²) in [6, 6.07) is 2.86. The maximum Gasteiger partial charge on any atom is 0.147 e. The largest absolute Gasteiger partial charge is 0.387 e. The molecule has 15 heavy (non-hydrogen) atoms. The van der Waals surface area contributed by atoms with E-state index in [0.717, 1.165) is 25.7 Å². The summed E-state index contributed by atoms with van der Waals surface area (Å²) in [7, 11) is 0. The molecule has 0 radical (unpaired) electrons. The number of aromatic nitrogens is 1. The molecule has 2 nitrogen and oxygen atoms in total. The summed E-state index contributed by atoms with van der Waals surface area (Å²) in [6.07, 6.45) is 5.67. The Balaban J connectivity index is 2.40. The van der Waals surface area contributed by atoms with E-state index in [0.29, 0.717) is 6.42 Å². The highest BCUT2D eigenvalue weighted by Gasteiger charge is 2.12. The van der Waals surface area contributed by atoms with Gasteiger partial charge in [-0.2, -0.15) is 0 Å². The number of pyridine rings is 1. The molecule has 0 amide bonds. The van der Waals surface area contributed by atoms with Crippen LogP contribution in [0, 0.1) is 5.82 Å². The third-order valence-corrected chi connectivity index (χ3v) is 2.43. The molecule has 0 aliphatic heterocycles. The molecular formula is C12H18FNO. The molecule has 3 heteroatoms. The fourth-order valence-electron chi connectivity index (χ4n) is 1.54. The first-order chi connectivity index (χ1) is 7.25. The predicted molar refractivity (Wildman–Crippen MR) is 57.9 cm³/mol. The first kappa shape index (κ1) is 12.1. The van der Waals surface area contributed by atoms with Gasteiger partial charge in [-0.25, -0.2) is 4.39 Å². The summed E-state index contributed by atoms with van der Waals surface area (Å²) < 4.78 is 13.2. The molecule has 1 atom stereocenters. The zero-order valence-electron chi connectivity index (χ0n) is 9.12. The average molecular weight is 211 g/mol. The monoisotopic (exact) mass is 211 g/mol. The van der Waals surface area contributed by atoms with E-state index in [9.17, 15) is 9.50 Å². The molecule has 0 aliphatic carbocycles. The second-order valence-corrected chi connectivity index (χ2v) is 3.74. The van der Waals surface area contributed by atoms with E-state index in [1.54, 1.807) is 0 Å². The van der Waals surface area contributed by atoms with Gasteiger partial charge in [-0.15, -0.1) is 0 Å². The zero-order valence-corrected chi connectivity index (χ0v) is 9.12. The normalized spacial score (nSPS) is 12.7. The first-order valence-corrected chi connectivity index (χ1v) is 5.54. The van der Waals surface area contributed by atoms with Crippen LogP contribution in [0.15, 0.2) is 18.3 Å². The van der Waals surface area contributed by atoms with Gasteiger partial charge in [0, 0.05) is 6.20 Å². The number of hydrogen-bond acceptors (Lipinski definition) is 2. The van der Waals surface area contributed by atoms with Crippen LogP contribution in [0.4, 0.5) is 4.39 Å². The molecule has 84 valence electrons. The molecule has 1 rings (SSSR count). The van der Waals surface area contributed by atoms with Gasteiger partial charge in [-0.05, 0) is 18.6 Å². The van der Waals surface area contributed by atoms with E-state index in [-0.39, 0.29) is 5.69 Å². The van der Waals surface area contributed by atoms with E-state index in [4.69, 9.17) is 0 Å². The van der Waals surface area contributed by atoms with Crippen LogP contribution < -0.4 is 0 Å². The summed E-state index contributed by atoms with van der Waals surface area (Å²) in [5.41, 5.74) is 0.175. The van der Waals surface area contributed by atoms with Crippen LogP contribution >= 0.6 is 0 Å². The number of nitrogens with zero attached hydrogens (tertiary/aromatic N) is 1. The summed E-state index contributed by atoms with van der Waals surface area (Å²) in [5, 5.41) is 9.70. The van der Waals surface area contributed by atoms with Gasteiger partial charge < -0.3 is 5.11 Å². The molecule has 0 saturated carbocycles. The summed E-state index contributed by atoms with van der Waals surface area (Å²) >= 11 is 0. The van der Waals surface area contributed by atoms with Crippen LogP contribution in [0.5, 0.6) is 0 Å². The van der Waals surface area contributed by atoms with Gasteiger partial charge in [0.25, 0.3) is 0 Å². The topological polar surface area (TPSA) is 33.1 Å². The van der Waals surface area contributed by atoms with E-state index in [2.05, 4.69) is 11.9 Å². The molecule has 0 bridgehead atoms. The lowest BCUT2D eigenvalue weighted by Crippen LogP contribution is -2.03. The summed E-state index contributed by atoms with van der Waals surface area (Å²) in [5.74, 6) is -0.416. The minimum absolute atomic E-state index is 0.175. The lowest BCUT2D eigenvalue weighted by Gasteiger charge is -2.10. The van der Waals surface area contributed by atoms with Crippen LogP contribution in [0.3, 0.4) is 0 Å². The Morgan fingerprint density at radius 3 is 2.87 bits per heavy atom. The van der Waals surface area contributed by atoms with Crippen molar-refractivity contribution in [2.24, 2.45) is 0 Å². The fourth-order valence-corrected chi connectivity index (χ4v) is 1.54. The van der Waals surface area contributed by atoms with E-state index >= 15 is 0 Å². The third-order valence-electron chi connectivity index (χ3n) is 2.43. The fraction of sp³-hybridized carbons (Fsp3) is 0.583. The quantitative estimate of drug-likeness (QED) is 0.733. The number of aliphatic hydroxyl groups excluding tert-OH is 1. The Labute approximate surface area is 90.2 Å². The third kappa shape index (κ3) is 3.96. The minimum Gasteiger partial charge on any atom is -0.387 e. The van der Waals surface area contributed by atoms with Crippen molar-refractivity contribution in [1.82, 2.24) is 4.98 Å². The first-order valence-electron chi connectivity index (χ1n) is 5.54. The van der Waals surface area contributed by atoms with Gasteiger partial charge in [0.1, 0.15) is 11.5 Å². The van der Waals surface area contributed by atoms with Crippen LogP contribution in [0.2, 0.25) is 0 Å². The second kappa shape index (κ2) is 6.51. The molecule has 1 aromatic rings. The molecular weight excluding hydrogens is 193 g/mol. The molecule has 1 N–H and O–H groups in total. The maximum atomic E-state index is 13.2. The van der Waals surface area contributed by atoms with Gasteiger partial charge >= 0.3 is 0 Å². The van der Waals surface area contributed by atoms with E-state index in [1.807, 2.05) is 0 Å². The Kier molecular flexibility index (Phi) is 5.26. The number of rotatable bonds is 6. The van der Waals surface area contributed by atoms with Gasteiger partial charge in [0.15, 0.2) is 0 Å². The molecule has 0 fully saturated rings.